The van der Waals surface area contributed by atoms with Crippen LogP contribution < -0.4 is 0 Å². The number of hydrogen-bond acceptors (Lipinski definition) is 2. The number of aromatic amines is 1. The normalized spacial score (nSPS) is 10.6. The topological polar surface area (TPSA) is 41.6 Å². The van der Waals surface area contributed by atoms with Crippen LogP contribution >= 0.6 is 15.9 Å². The summed E-state index contributed by atoms with van der Waals surface area (Å²) in [4.78, 5) is 4.33. The Bertz CT molecular complexity index is 710. The van der Waals surface area contributed by atoms with E-state index in [9.17, 15) is 4.39 Å². The second-order valence-electron chi connectivity index (χ2n) is 4.00. The van der Waals surface area contributed by atoms with Crippen molar-refractivity contribution in [1.29, 1.82) is 0 Å². The van der Waals surface area contributed by atoms with Crippen LogP contribution in [0.1, 0.15) is 0 Å². The van der Waals surface area contributed by atoms with Gasteiger partial charge in [0.15, 0.2) is 11.6 Å². The molecule has 0 aliphatic heterocycles. The Labute approximate surface area is 117 Å². The molecule has 0 fully saturated rings. The standard InChI is InChI=1S/C14H9BrFN3/c15-10-6-7-12(16)11(8-10)14-17-13(18-19-14)9-4-2-1-3-5-9/h1-8H,(H,17,18,19). The van der Waals surface area contributed by atoms with E-state index in [1.165, 1.54) is 6.07 Å². The molecule has 0 spiro atoms. The van der Waals surface area contributed by atoms with Crippen LogP contribution in [0.15, 0.2) is 53.0 Å². The molecule has 0 radical (unpaired) electrons. The zero-order valence-electron chi connectivity index (χ0n) is 9.77. The molecule has 94 valence electrons. The van der Waals surface area contributed by atoms with Gasteiger partial charge >= 0.3 is 0 Å². The second kappa shape index (κ2) is 4.93. The Hall–Kier alpha value is -2.01. The molecule has 0 saturated heterocycles. The fourth-order valence-corrected chi connectivity index (χ4v) is 2.14. The minimum Gasteiger partial charge on any atom is -0.259 e. The van der Waals surface area contributed by atoms with Crippen molar-refractivity contribution in [3.8, 4) is 22.8 Å². The van der Waals surface area contributed by atoms with Crippen molar-refractivity contribution < 1.29 is 4.39 Å². The van der Waals surface area contributed by atoms with Crippen LogP contribution in [0.2, 0.25) is 0 Å². The monoisotopic (exact) mass is 317 g/mol. The Morgan fingerprint density at radius 1 is 1.05 bits per heavy atom. The summed E-state index contributed by atoms with van der Waals surface area (Å²) < 4.78 is 14.6. The average Bonchev–Trinajstić information content (AvgIpc) is 2.92. The maximum Gasteiger partial charge on any atom is 0.181 e. The van der Waals surface area contributed by atoms with Gasteiger partial charge in [-0.15, -0.1) is 0 Å². The van der Waals surface area contributed by atoms with E-state index in [4.69, 9.17) is 0 Å². The molecular formula is C14H9BrFN3. The molecular weight excluding hydrogens is 309 g/mol. The van der Waals surface area contributed by atoms with Crippen molar-refractivity contribution >= 4 is 15.9 Å². The lowest BCUT2D eigenvalue weighted by atomic mass is 10.2. The van der Waals surface area contributed by atoms with Gasteiger partial charge in [-0.3, -0.25) is 5.10 Å². The predicted octanol–water partition coefficient (Wildman–Crippen LogP) is 4.04. The summed E-state index contributed by atoms with van der Waals surface area (Å²) >= 11 is 3.32. The molecule has 3 rings (SSSR count). The summed E-state index contributed by atoms with van der Waals surface area (Å²) in [5.74, 6) is 0.631. The van der Waals surface area contributed by atoms with Crippen LogP contribution in [0.5, 0.6) is 0 Å². The van der Waals surface area contributed by atoms with Crippen molar-refractivity contribution in [2.24, 2.45) is 0 Å². The van der Waals surface area contributed by atoms with Gasteiger partial charge in [-0.25, -0.2) is 9.37 Å². The summed E-state index contributed by atoms with van der Waals surface area (Å²) in [6.45, 7) is 0. The molecule has 2 aromatic carbocycles. The number of aromatic nitrogens is 3. The Morgan fingerprint density at radius 2 is 1.84 bits per heavy atom. The molecule has 19 heavy (non-hydrogen) atoms. The highest BCUT2D eigenvalue weighted by Crippen LogP contribution is 2.25. The molecule has 5 heteroatoms. The Balaban J connectivity index is 2.04. The second-order valence-corrected chi connectivity index (χ2v) is 4.91. The predicted molar refractivity (Wildman–Crippen MR) is 74.9 cm³/mol. The van der Waals surface area contributed by atoms with Gasteiger partial charge in [0.2, 0.25) is 0 Å². The van der Waals surface area contributed by atoms with Gasteiger partial charge in [0.05, 0.1) is 5.56 Å². The van der Waals surface area contributed by atoms with Crippen LogP contribution in [0.4, 0.5) is 4.39 Å². The van der Waals surface area contributed by atoms with Crippen molar-refractivity contribution in [1.82, 2.24) is 15.2 Å². The van der Waals surface area contributed by atoms with Crippen molar-refractivity contribution in [3.63, 3.8) is 0 Å². The number of H-pyrrole nitrogens is 1. The third kappa shape index (κ3) is 2.42. The first-order chi connectivity index (χ1) is 9.24. The minimum absolute atomic E-state index is 0.334. The zero-order chi connectivity index (χ0) is 13.2. The smallest absolute Gasteiger partial charge is 0.181 e. The fraction of sp³-hybridized carbons (Fsp3) is 0. The lowest BCUT2D eigenvalue weighted by Gasteiger charge is -1.99. The largest absolute Gasteiger partial charge is 0.259 e. The van der Waals surface area contributed by atoms with Gasteiger partial charge in [-0.05, 0) is 18.2 Å². The highest BCUT2D eigenvalue weighted by atomic mass is 79.9. The maximum atomic E-state index is 13.8. The van der Waals surface area contributed by atoms with Gasteiger partial charge in [0.1, 0.15) is 5.82 Å². The van der Waals surface area contributed by atoms with Crippen molar-refractivity contribution in [2.75, 3.05) is 0 Å². The molecule has 0 unspecified atom stereocenters. The molecule has 3 nitrogen and oxygen atoms in total. The number of rotatable bonds is 2. The number of benzene rings is 2. The number of halogens is 2. The van der Waals surface area contributed by atoms with Crippen LogP contribution in [-0.2, 0) is 0 Å². The molecule has 1 N–H and O–H groups in total. The molecule has 0 atom stereocenters. The van der Waals surface area contributed by atoms with E-state index in [-0.39, 0.29) is 5.82 Å². The SMILES string of the molecule is Fc1ccc(Br)cc1-c1nc(-c2ccccc2)n[nH]1. The molecule has 0 aliphatic carbocycles. The molecule has 0 aliphatic rings. The quantitative estimate of drug-likeness (QED) is 0.775. The maximum absolute atomic E-state index is 13.8. The molecule has 0 bridgehead atoms. The summed E-state index contributed by atoms with van der Waals surface area (Å²) in [5.41, 5.74) is 1.28. The molecule has 3 aromatic rings. The van der Waals surface area contributed by atoms with E-state index in [0.717, 1.165) is 10.0 Å². The third-order valence-electron chi connectivity index (χ3n) is 2.70. The van der Waals surface area contributed by atoms with E-state index in [1.54, 1.807) is 12.1 Å². The lowest BCUT2D eigenvalue weighted by Crippen LogP contribution is -1.86. The van der Waals surface area contributed by atoms with Crippen LogP contribution in [0.25, 0.3) is 22.8 Å². The lowest BCUT2D eigenvalue weighted by molar-refractivity contribution is 0.630. The third-order valence-corrected chi connectivity index (χ3v) is 3.19. The van der Waals surface area contributed by atoms with E-state index < -0.39 is 0 Å². The van der Waals surface area contributed by atoms with Gasteiger partial charge in [0.25, 0.3) is 0 Å². The van der Waals surface area contributed by atoms with Gasteiger partial charge in [0, 0.05) is 10.0 Å². The highest BCUT2D eigenvalue weighted by molar-refractivity contribution is 9.10. The Kier molecular flexibility index (Phi) is 3.13. The van der Waals surface area contributed by atoms with E-state index in [0.29, 0.717) is 17.2 Å². The number of hydrogen-bond donors (Lipinski definition) is 1. The zero-order valence-corrected chi connectivity index (χ0v) is 11.4. The fourth-order valence-electron chi connectivity index (χ4n) is 1.78. The Morgan fingerprint density at radius 3 is 2.63 bits per heavy atom. The summed E-state index contributed by atoms with van der Waals surface area (Å²) in [6.07, 6.45) is 0. The van der Waals surface area contributed by atoms with E-state index >= 15 is 0 Å². The van der Waals surface area contributed by atoms with Gasteiger partial charge in [-0.1, -0.05) is 46.3 Å². The first-order valence-corrected chi connectivity index (χ1v) is 6.46. The van der Waals surface area contributed by atoms with Crippen LogP contribution in [0.3, 0.4) is 0 Å². The first kappa shape index (κ1) is 12.0. The van der Waals surface area contributed by atoms with Crippen molar-refractivity contribution in [3.05, 3.63) is 58.8 Å². The minimum atomic E-state index is -0.334. The first-order valence-electron chi connectivity index (χ1n) is 5.67. The van der Waals surface area contributed by atoms with Crippen LogP contribution in [0, 0.1) is 5.82 Å². The van der Waals surface area contributed by atoms with E-state index in [2.05, 4.69) is 31.1 Å². The summed E-state index contributed by atoms with van der Waals surface area (Å²) in [5, 5.41) is 6.88. The summed E-state index contributed by atoms with van der Waals surface area (Å²) in [6, 6.07) is 14.3. The molecule has 0 saturated carbocycles. The molecule has 1 aromatic heterocycles. The number of nitrogens with one attached hydrogen (secondary N) is 1. The highest BCUT2D eigenvalue weighted by Gasteiger charge is 2.11. The van der Waals surface area contributed by atoms with Crippen molar-refractivity contribution in [2.45, 2.75) is 0 Å². The molecule has 1 heterocycles. The van der Waals surface area contributed by atoms with Gasteiger partial charge < -0.3 is 0 Å². The molecule has 0 amide bonds. The van der Waals surface area contributed by atoms with Gasteiger partial charge in [-0.2, -0.15) is 5.10 Å². The number of nitrogens with zero attached hydrogens (tertiary/aromatic N) is 2. The average molecular weight is 318 g/mol. The summed E-state index contributed by atoms with van der Waals surface area (Å²) in [7, 11) is 0. The van der Waals surface area contributed by atoms with Crippen LogP contribution in [-0.4, -0.2) is 15.2 Å². The van der Waals surface area contributed by atoms with E-state index in [1.807, 2.05) is 30.3 Å².